The van der Waals surface area contributed by atoms with Crippen molar-refractivity contribution in [1.29, 1.82) is 0 Å². The molecule has 0 saturated carbocycles. The largest absolute Gasteiger partial charge is 0.370 e. The Morgan fingerprint density at radius 2 is 1.70 bits per heavy atom. The highest BCUT2D eigenvalue weighted by Gasteiger charge is 2.08. The molecular formula is C15H17Cl2N3. The molecule has 20 heavy (non-hydrogen) atoms. The summed E-state index contributed by atoms with van der Waals surface area (Å²) in [4.78, 5) is 9.08. The lowest BCUT2D eigenvalue weighted by molar-refractivity contribution is 0.836. The van der Waals surface area contributed by atoms with Crippen molar-refractivity contribution < 1.29 is 0 Å². The van der Waals surface area contributed by atoms with Crippen LogP contribution in [-0.2, 0) is 6.42 Å². The number of nitrogens with one attached hydrogen (secondary N) is 1. The highest BCUT2D eigenvalue weighted by molar-refractivity contribution is 6.35. The maximum atomic E-state index is 6.06. The van der Waals surface area contributed by atoms with E-state index in [0.717, 1.165) is 42.3 Å². The Hall–Kier alpha value is -1.32. The summed E-state index contributed by atoms with van der Waals surface area (Å²) >= 11 is 12.1. The van der Waals surface area contributed by atoms with Gasteiger partial charge >= 0.3 is 0 Å². The molecule has 0 saturated heterocycles. The Kier molecular flexibility index (Phi) is 5.21. The number of halogens is 2. The number of aromatic nitrogens is 2. The van der Waals surface area contributed by atoms with Gasteiger partial charge in [0.15, 0.2) is 0 Å². The first-order valence-corrected chi connectivity index (χ1v) is 7.46. The Morgan fingerprint density at radius 3 is 2.30 bits per heavy atom. The fourth-order valence-corrected chi connectivity index (χ4v) is 2.48. The van der Waals surface area contributed by atoms with Gasteiger partial charge in [-0.1, -0.05) is 30.1 Å². The minimum absolute atomic E-state index is 0.605. The zero-order chi connectivity index (χ0) is 14.5. The third-order valence-corrected chi connectivity index (χ3v) is 3.20. The quantitative estimate of drug-likeness (QED) is 0.859. The molecule has 0 aliphatic heterocycles. The van der Waals surface area contributed by atoms with Crippen LogP contribution in [0.1, 0.15) is 26.1 Å². The van der Waals surface area contributed by atoms with Gasteiger partial charge in [0.1, 0.15) is 11.6 Å². The van der Waals surface area contributed by atoms with E-state index in [1.807, 2.05) is 25.1 Å². The average Bonchev–Trinajstić information content (AvgIpc) is 2.38. The predicted molar refractivity (Wildman–Crippen MR) is 85.6 cm³/mol. The number of nitrogens with zero attached hydrogens (tertiary/aromatic N) is 2. The molecule has 2 rings (SSSR count). The normalized spacial score (nSPS) is 10.6. The lowest BCUT2D eigenvalue weighted by Gasteiger charge is -2.09. The van der Waals surface area contributed by atoms with Gasteiger partial charge < -0.3 is 5.32 Å². The molecule has 2 aromatic rings. The molecule has 0 aliphatic carbocycles. The van der Waals surface area contributed by atoms with Crippen molar-refractivity contribution in [1.82, 2.24) is 9.97 Å². The van der Waals surface area contributed by atoms with Crippen LogP contribution < -0.4 is 5.32 Å². The summed E-state index contributed by atoms with van der Waals surface area (Å²) in [7, 11) is 0. The zero-order valence-electron chi connectivity index (χ0n) is 11.6. The summed E-state index contributed by atoms with van der Waals surface area (Å²) < 4.78 is 0. The third kappa shape index (κ3) is 3.84. The fraction of sp³-hybridized carbons (Fsp3) is 0.333. The SMILES string of the molecule is CCCc1nc(NCC)cc(-c2cc(Cl)cc(Cl)c2)n1. The second-order valence-electron chi connectivity index (χ2n) is 4.49. The van der Waals surface area contributed by atoms with Crippen LogP contribution in [0.4, 0.5) is 5.82 Å². The Balaban J connectivity index is 2.48. The summed E-state index contributed by atoms with van der Waals surface area (Å²) in [5.74, 6) is 1.66. The summed E-state index contributed by atoms with van der Waals surface area (Å²) in [5.41, 5.74) is 1.74. The first kappa shape index (κ1) is 15.1. The minimum atomic E-state index is 0.605. The van der Waals surface area contributed by atoms with E-state index in [1.54, 1.807) is 6.07 Å². The predicted octanol–water partition coefficient (Wildman–Crippen LogP) is 4.83. The lowest BCUT2D eigenvalue weighted by Crippen LogP contribution is -2.04. The molecule has 0 atom stereocenters. The summed E-state index contributed by atoms with van der Waals surface area (Å²) in [6.07, 6.45) is 1.85. The topological polar surface area (TPSA) is 37.8 Å². The van der Waals surface area contributed by atoms with Gasteiger partial charge in [0, 0.05) is 34.6 Å². The molecule has 0 bridgehead atoms. The van der Waals surface area contributed by atoms with Crippen molar-refractivity contribution in [2.45, 2.75) is 26.7 Å². The van der Waals surface area contributed by atoms with E-state index in [9.17, 15) is 0 Å². The molecule has 0 aliphatic rings. The van der Waals surface area contributed by atoms with Gasteiger partial charge in [-0.05, 0) is 31.5 Å². The van der Waals surface area contributed by atoms with Crippen molar-refractivity contribution in [2.24, 2.45) is 0 Å². The Morgan fingerprint density at radius 1 is 1.00 bits per heavy atom. The van der Waals surface area contributed by atoms with Crippen LogP contribution >= 0.6 is 23.2 Å². The molecule has 0 amide bonds. The van der Waals surface area contributed by atoms with Crippen molar-refractivity contribution in [3.63, 3.8) is 0 Å². The molecule has 0 radical (unpaired) electrons. The van der Waals surface area contributed by atoms with E-state index < -0.39 is 0 Å². The summed E-state index contributed by atoms with van der Waals surface area (Å²) in [5, 5.41) is 4.44. The standard InChI is InChI=1S/C15H17Cl2N3/c1-3-5-14-19-13(9-15(20-14)18-4-2)10-6-11(16)8-12(17)7-10/h6-9H,3-5H2,1-2H3,(H,18,19,20). The van der Waals surface area contributed by atoms with Crippen molar-refractivity contribution in [3.8, 4) is 11.3 Å². The van der Waals surface area contributed by atoms with Gasteiger partial charge in [-0.2, -0.15) is 0 Å². The first-order valence-electron chi connectivity index (χ1n) is 6.70. The number of hydrogen-bond donors (Lipinski definition) is 1. The van der Waals surface area contributed by atoms with Crippen LogP contribution in [0.5, 0.6) is 0 Å². The third-order valence-electron chi connectivity index (χ3n) is 2.76. The molecule has 1 aromatic heterocycles. The maximum absolute atomic E-state index is 6.06. The molecule has 5 heteroatoms. The first-order chi connectivity index (χ1) is 9.62. The number of aryl methyl sites for hydroxylation is 1. The van der Waals surface area contributed by atoms with Crippen LogP contribution in [0.3, 0.4) is 0 Å². The highest BCUT2D eigenvalue weighted by Crippen LogP contribution is 2.27. The monoisotopic (exact) mass is 309 g/mol. The highest BCUT2D eigenvalue weighted by atomic mass is 35.5. The molecular weight excluding hydrogens is 293 g/mol. The smallest absolute Gasteiger partial charge is 0.131 e. The summed E-state index contributed by atoms with van der Waals surface area (Å²) in [6, 6.07) is 7.36. The molecule has 106 valence electrons. The van der Waals surface area contributed by atoms with Crippen molar-refractivity contribution >= 4 is 29.0 Å². The number of benzene rings is 1. The number of hydrogen-bond acceptors (Lipinski definition) is 3. The van der Waals surface area contributed by atoms with Crippen LogP contribution in [-0.4, -0.2) is 16.5 Å². The molecule has 3 nitrogen and oxygen atoms in total. The fourth-order valence-electron chi connectivity index (χ4n) is 1.95. The molecule has 1 N–H and O–H groups in total. The van der Waals surface area contributed by atoms with Crippen LogP contribution in [0.15, 0.2) is 24.3 Å². The molecule has 1 aromatic carbocycles. The van der Waals surface area contributed by atoms with E-state index in [2.05, 4.69) is 22.2 Å². The molecule has 0 fully saturated rings. The van der Waals surface area contributed by atoms with Crippen molar-refractivity contribution in [3.05, 3.63) is 40.1 Å². The summed E-state index contributed by atoms with van der Waals surface area (Å²) in [6.45, 7) is 4.97. The second kappa shape index (κ2) is 6.91. The minimum Gasteiger partial charge on any atom is -0.370 e. The average molecular weight is 310 g/mol. The molecule has 0 unspecified atom stereocenters. The maximum Gasteiger partial charge on any atom is 0.131 e. The van der Waals surface area contributed by atoms with E-state index in [4.69, 9.17) is 23.2 Å². The van der Waals surface area contributed by atoms with E-state index >= 15 is 0 Å². The van der Waals surface area contributed by atoms with Gasteiger partial charge in [-0.3, -0.25) is 0 Å². The van der Waals surface area contributed by atoms with Gasteiger partial charge in [0.25, 0.3) is 0 Å². The van der Waals surface area contributed by atoms with E-state index in [1.165, 1.54) is 0 Å². The van der Waals surface area contributed by atoms with E-state index in [0.29, 0.717) is 10.0 Å². The Labute approximate surface area is 129 Å². The second-order valence-corrected chi connectivity index (χ2v) is 5.37. The number of anilines is 1. The van der Waals surface area contributed by atoms with Crippen LogP contribution in [0, 0.1) is 0 Å². The van der Waals surface area contributed by atoms with Gasteiger partial charge in [0.2, 0.25) is 0 Å². The van der Waals surface area contributed by atoms with Gasteiger partial charge in [0.05, 0.1) is 5.69 Å². The number of rotatable bonds is 5. The zero-order valence-corrected chi connectivity index (χ0v) is 13.1. The Bertz CT molecular complexity index is 555. The van der Waals surface area contributed by atoms with Crippen LogP contribution in [0.25, 0.3) is 11.3 Å². The molecule has 1 heterocycles. The van der Waals surface area contributed by atoms with E-state index in [-0.39, 0.29) is 0 Å². The van der Waals surface area contributed by atoms with Crippen LogP contribution in [0.2, 0.25) is 10.0 Å². The van der Waals surface area contributed by atoms with Crippen molar-refractivity contribution in [2.75, 3.05) is 11.9 Å². The lowest BCUT2D eigenvalue weighted by atomic mass is 10.1. The van der Waals surface area contributed by atoms with Gasteiger partial charge in [-0.15, -0.1) is 0 Å². The van der Waals surface area contributed by atoms with Gasteiger partial charge in [-0.25, -0.2) is 9.97 Å². The molecule has 0 spiro atoms.